The van der Waals surface area contributed by atoms with Gasteiger partial charge in [-0.15, -0.1) is 0 Å². The molecule has 0 aliphatic carbocycles. The molecule has 0 spiro atoms. The van der Waals surface area contributed by atoms with Crippen molar-refractivity contribution in [2.45, 2.75) is 65.8 Å². The van der Waals surface area contributed by atoms with Gasteiger partial charge in [-0.3, -0.25) is 0 Å². The minimum Gasteiger partial charge on any atom is -0.324 e. The Bertz CT molecular complexity index is 218. The Morgan fingerprint density at radius 3 is 1.88 bits per heavy atom. The Balaban J connectivity index is 2.42. The number of hydrogen-bond acceptors (Lipinski definition) is 2. The summed E-state index contributed by atoms with van der Waals surface area (Å²) in [6, 6.07) is 0. The summed E-state index contributed by atoms with van der Waals surface area (Å²) in [6.45, 7) is 15.1. The average molecular weight is 240 g/mol. The molecule has 0 saturated carbocycles. The van der Waals surface area contributed by atoms with Gasteiger partial charge < -0.3 is 10.6 Å². The van der Waals surface area contributed by atoms with Crippen LogP contribution in [0, 0.1) is 11.3 Å². The molecule has 1 saturated heterocycles. The molecule has 0 unspecified atom stereocenters. The number of nitrogens with two attached hydrogens (primary N) is 1. The van der Waals surface area contributed by atoms with Gasteiger partial charge in [0.25, 0.3) is 0 Å². The van der Waals surface area contributed by atoms with Gasteiger partial charge in [0.1, 0.15) is 0 Å². The van der Waals surface area contributed by atoms with Gasteiger partial charge in [0.15, 0.2) is 0 Å². The first-order valence-electron chi connectivity index (χ1n) is 7.32. The zero-order chi connectivity index (χ0) is 13.1. The highest BCUT2D eigenvalue weighted by molar-refractivity contribution is 4.88. The van der Waals surface area contributed by atoms with Crippen LogP contribution in [-0.4, -0.2) is 30.1 Å². The van der Waals surface area contributed by atoms with E-state index in [1.165, 1.54) is 25.9 Å². The van der Waals surface area contributed by atoms with Crippen molar-refractivity contribution in [2.24, 2.45) is 17.1 Å². The van der Waals surface area contributed by atoms with Crippen molar-refractivity contribution in [1.82, 2.24) is 4.90 Å². The van der Waals surface area contributed by atoms with Crippen LogP contribution in [0.25, 0.3) is 0 Å². The van der Waals surface area contributed by atoms with Crippen molar-refractivity contribution in [1.29, 1.82) is 0 Å². The molecule has 1 aliphatic heterocycles. The lowest BCUT2D eigenvalue weighted by molar-refractivity contribution is 0.0932. The van der Waals surface area contributed by atoms with Crippen molar-refractivity contribution in [3.05, 3.63) is 0 Å². The van der Waals surface area contributed by atoms with Crippen molar-refractivity contribution in [3.63, 3.8) is 0 Å². The fraction of sp³-hybridized carbons (Fsp3) is 1.00. The number of nitrogens with zero attached hydrogens (tertiary/aromatic N) is 1. The highest BCUT2D eigenvalue weighted by atomic mass is 15.1. The number of piperidine rings is 1. The average Bonchev–Trinajstić information content (AvgIpc) is 2.28. The van der Waals surface area contributed by atoms with Gasteiger partial charge in [-0.25, -0.2) is 0 Å². The minimum atomic E-state index is 0.0363. The van der Waals surface area contributed by atoms with E-state index >= 15 is 0 Å². The summed E-state index contributed by atoms with van der Waals surface area (Å²) in [4.78, 5) is 2.58. The predicted molar refractivity (Wildman–Crippen MR) is 76.1 cm³/mol. The van der Waals surface area contributed by atoms with Gasteiger partial charge in [0.05, 0.1) is 0 Å². The Kier molecular flexibility index (Phi) is 5.03. The van der Waals surface area contributed by atoms with Gasteiger partial charge >= 0.3 is 0 Å². The second kappa shape index (κ2) is 5.71. The molecule has 1 rings (SSSR count). The topological polar surface area (TPSA) is 29.3 Å². The highest BCUT2D eigenvalue weighted by Gasteiger charge is 2.31. The maximum absolute atomic E-state index is 6.41. The third-order valence-corrected chi connectivity index (χ3v) is 4.76. The summed E-state index contributed by atoms with van der Waals surface area (Å²) in [7, 11) is 0. The molecular weight excluding hydrogens is 208 g/mol. The lowest BCUT2D eigenvalue weighted by Crippen LogP contribution is -2.51. The smallest absolute Gasteiger partial charge is 0.0278 e. The molecule has 102 valence electrons. The molecule has 0 aromatic carbocycles. The standard InChI is InChI=1S/C15H32N2/c1-6-15(16,7-2)12-17-10-8-13(9-11-17)14(3,4)5/h13H,6-12,16H2,1-5H3. The van der Waals surface area contributed by atoms with E-state index in [0.29, 0.717) is 5.41 Å². The Morgan fingerprint density at radius 2 is 1.53 bits per heavy atom. The van der Waals surface area contributed by atoms with Crippen LogP contribution in [0.2, 0.25) is 0 Å². The number of likely N-dealkylation sites (tertiary alicyclic amines) is 1. The molecule has 0 aromatic rings. The molecule has 2 N–H and O–H groups in total. The van der Waals surface area contributed by atoms with Gasteiger partial charge in [-0.1, -0.05) is 34.6 Å². The predicted octanol–water partition coefficient (Wildman–Crippen LogP) is 3.26. The second-order valence-electron chi connectivity index (χ2n) is 6.99. The molecule has 1 aliphatic rings. The van der Waals surface area contributed by atoms with E-state index in [0.717, 1.165) is 25.3 Å². The van der Waals surface area contributed by atoms with E-state index in [-0.39, 0.29) is 5.54 Å². The van der Waals surface area contributed by atoms with E-state index in [1.54, 1.807) is 0 Å². The molecule has 17 heavy (non-hydrogen) atoms. The molecule has 0 radical (unpaired) electrons. The second-order valence-corrected chi connectivity index (χ2v) is 6.99. The molecule has 1 heterocycles. The molecular formula is C15H32N2. The van der Waals surface area contributed by atoms with Crippen LogP contribution >= 0.6 is 0 Å². The lowest BCUT2D eigenvalue weighted by atomic mass is 9.75. The fourth-order valence-corrected chi connectivity index (χ4v) is 2.88. The van der Waals surface area contributed by atoms with E-state index in [2.05, 4.69) is 39.5 Å². The van der Waals surface area contributed by atoms with Crippen molar-refractivity contribution < 1.29 is 0 Å². The van der Waals surface area contributed by atoms with Crippen LogP contribution in [0.3, 0.4) is 0 Å². The summed E-state index contributed by atoms with van der Waals surface area (Å²) in [5.74, 6) is 0.883. The molecule has 2 nitrogen and oxygen atoms in total. The van der Waals surface area contributed by atoms with Gasteiger partial charge in [-0.05, 0) is 50.1 Å². The van der Waals surface area contributed by atoms with Crippen LogP contribution in [0.15, 0.2) is 0 Å². The van der Waals surface area contributed by atoms with Crippen molar-refractivity contribution in [3.8, 4) is 0 Å². The maximum Gasteiger partial charge on any atom is 0.0278 e. The molecule has 1 fully saturated rings. The zero-order valence-electron chi connectivity index (χ0n) is 12.6. The minimum absolute atomic E-state index is 0.0363. The summed E-state index contributed by atoms with van der Waals surface area (Å²) < 4.78 is 0. The van der Waals surface area contributed by atoms with Gasteiger partial charge in [-0.2, -0.15) is 0 Å². The van der Waals surface area contributed by atoms with Gasteiger partial charge in [0, 0.05) is 12.1 Å². The normalized spacial score (nSPS) is 20.8. The molecule has 0 atom stereocenters. The van der Waals surface area contributed by atoms with Crippen LogP contribution in [0.5, 0.6) is 0 Å². The fourth-order valence-electron chi connectivity index (χ4n) is 2.88. The Morgan fingerprint density at radius 1 is 1.06 bits per heavy atom. The first-order valence-corrected chi connectivity index (χ1v) is 7.32. The molecule has 0 bridgehead atoms. The molecule has 2 heteroatoms. The summed E-state index contributed by atoms with van der Waals surface area (Å²) >= 11 is 0. The summed E-state index contributed by atoms with van der Waals surface area (Å²) in [5.41, 5.74) is 6.92. The van der Waals surface area contributed by atoms with Crippen molar-refractivity contribution in [2.75, 3.05) is 19.6 Å². The zero-order valence-corrected chi connectivity index (χ0v) is 12.6. The van der Waals surface area contributed by atoms with E-state index in [4.69, 9.17) is 5.73 Å². The van der Waals surface area contributed by atoms with E-state index < -0.39 is 0 Å². The van der Waals surface area contributed by atoms with Gasteiger partial charge in [0.2, 0.25) is 0 Å². The lowest BCUT2D eigenvalue weighted by Gasteiger charge is -2.42. The maximum atomic E-state index is 6.41. The number of hydrogen-bond donors (Lipinski definition) is 1. The summed E-state index contributed by atoms with van der Waals surface area (Å²) in [6.07, 6.45) is 4.85. The quantitative estimate of drug-likeness (QED) is 0.817. The SMILES string of the molecule is CCC(N)(CC)CN1CCC(C(C)(C)C)CC1. The third kappa shape index (κ3) is 4.26. The largest absolute Gasteiger partial charge is 0.324 e. The molecule has 0 aromatic heterocycles. The first kappa shape index (κ1) is 15.0. The van der Waals surface area contributed by atoms with Crippen molar-refractivity contribution >= 4 is 0 Å². The Hall–Kier alpha value is -0.0800. The van der Waals surface area contributed by atoms with Crippen LogP contribution in [-0.2, 0) is 0 Å². The van der Waals surface area contributed by atoms with Crippen LogP contribution < -0.4 is 5.73 Å². The van der Waals surface area contributed by atoms with E-state index in [1.807, 2.05) is 0 Å². The van der Waals surface area contributed by atoms with Crippen LogP contribution in [0.1, 0.15) is 60.3 Å². The highest BCUT2D eigenvalue weighted by Crippen LogP contribution is 2.34. The third-order valence-electron chi connectivity index (χ3n) is 4.76. The number of rotatable bonds is 4. The Labute approximate surface area is 108 Å². The summed E-state index contributed by atoms with van der Waals surface area (Å²) in [5, 5.41) is 0. The molecule has 0 amide bonds. The monoisotopic (exact) mass is 240 g/mol. The first-order chi connectivity index (χ1) is 7.80. The van der Waals surface area contributed by atoms with E-state index in [9.17, 15) is 0 Å². The van der Waals surface area contributed by atoms with Crippen LogP contribution in [0.4, 0.5) is 0 Å².